The lowest BCUT2D eigenvalue weighted by Crippen LogP contribution is -2.05. The average Bonchev–Trinajstić information content (AvgIpc) is 2.40. The average molecular weight is 279 g/mol. The molecule has 2 rings (SSSR count). The minimum absolute atomic E-state index is 0.699. The van der Waals surface area contributed by atoms with E-state index < -0.39 is 0 Å². The highest BCUT2D eigenvalue weighted by atomic mass is 35.5. The third kappa shape index (κ3) is 2.47. The fourth-order valence-corrected chi connectivity index (χ4v) is 2.40. The Labute approximate surface area is 118 Å². The number of hydrogen-bond donors (Lipinski definition) is 1. The van der Waals surface area contributed by atoms with Gasteiger partial charge >= 0.3 is 0 Å². The molecule has 0 atom stereocenters. The van der Waals surface area contributed by atoms with Gasteiger partial charge in [0.2, 0.25) is 0 Å². The molecular formula is C15H19ClN2O. The summed E-state index contributed by atoms with van der Waals surface area (Å²) in [5.74, 6) is 0.752. The Balaban J connectivity index is 2.79. The number of nitrogens with one attached hydrogen (secondary N) is 1. The summed E-state index contributed by atoms with van der Waals surface area (Å²) in [5.41, 5.74) is 4.01. The standard InChI is InChI=1S/C15H19ClN2O/c1-5-8-17-14-9(2)10(3)18-15-12(19-4)7-6-11(16)13(14)15/h6-7H,5,8H2,1-4H3,(H,17,18). The monoisotopic (exact) mass is 278 g/mol. The molecule has 102 valence electrons. The zero-order valence-electron chi connectivity index (χ0n) is 11.8. The molecule has 0 radical (unpaired) electrons. The molecule has 0 spiro atoms. The van der Waals surface area contributed by atoms with Crippen molar-refractivity contribution in [2.24, 2.45) is 0 Å². The first-order valence-electron chi connectivity index (χ1n) is 6.47. The zero-order valence-corrected chi connectivity index (χ0v) is 12.6. The number of benzene rings is 1. The molecule has 1 aromatic heterocycles. The van der Waals surface area contributed by atoms with Gasteiger partial charge < -0.3 is 10.1 Å². The molecule has 0 saturated heterocycles. The van der Waals surface area contributed by atoms with E-state index >= 15 is 0 Å². The molecule has 1 heterocycles. The highest BCUT2D eigenvalue weighted by Crippen LogP contribution is 2.37. The molecule has 1 aromatic carbocycles. The molecule has 0 amide bonds. The lowest BCUT2D eigenvalue weighted by molar-refractivity contribution is 0.419. The van der Waals surface area contributed by atoms with E-state index in [-0.39, 0.29) is 0 Å². The largest absolute Gasteiger partial charge is 0.494 e. The van der Waals surface area contributed by atoms with Crippen molar-refractivity contribution in [1.82, 2.24) is 4.98 Å². The van der Waals surface area contributed by atoms with Gasteiger partial charge in [0.25, 0.3) is 0 Å². The Hall–Kier alpha value is -1.48. The first-order valence-corrected chi connectivity index (χ1v) is 6.85. The second kappa shape index (κ2) is 5.66. The first kappa shape index (κ1) is 13.9. The summed E-state index contributed by atoms with van der Waals surface area (Å²) in [7, 11) is 1.65. The molecule has 0 bridgehead atoms. The predicted octanol–water partition coefficient (Wildman–Crippen LogP) is 4.34. The highest BCUT2D eigenvalue weighted by molar-refractivity contribution is 6.36. The van der Waals surface area contributed by atoms with Crippen LogP contribution in [0.2, 0.25) is 5.02 Å². The van der Waals surface area contributed by atoms with E-state index in [1.54, 1.807) is 7.11 Å². The summed E-state index contributed by atoms with van der Waals surface area (Å²) in [6.45, 7) is 7.12. The maximum absolute atomic E-state index is 6.36. The normalized spacial score (nSPS) is 10.8. The molecule has 3 nitrogen and oxygen atoms in total. The lowest BCUT2D eigenvalue weighted by Gasteiger charge is -2.16. The van der Waals surface area contributed by atoms with Crippen molar-refractivity contribution in [2.75, 3.05) is 19.0 Å². The van der Waals surface area contributed by atoms with Gasteiger partial charge in [-0.15, -0.1) is 0 Å². The van der Waals surface area contributed by atoms with Crippen LogP contribution < -0.4 is 10.1 Å². The SMILES string of the molecule is CCCNc1c(C)c(C)nc2c(OC)ccc(Cl)c12. The van der Waals surface area contributed by atoms with Gasteiger partial charge in [0.05, 0.1) is 12.1 Å². The zero-order chi connectivity index (χ0) is 14.0. The van der Waals surface area contributed by atoms with E-state index in [1.807, 2.05) is 19.1 Å². The van der Waals surface area contributed by atoms with Gasteiger partial charge in [-0.2, -0.15) is 0 Å². The van der Waals surface area contributed by atoms with Crippen molar-refractivity contribution in [1.29, 1.82) is 0 Å². The first-order chi connectivity index (χ1) is 9.10. The van der Waals surface area contributed by atoms with E-state index in [2.05, 4.69) is 24.1 Å². The van der Waals surface area contributed by atoms with Crippen molar-refractivity contribution < 1.29 is 4.74 Å². The van der Waals surface area contributed by atoms with Crippen LogP contribution in [0.1, 0.15) is 24.6 Å². The van der Waals surface area contributed by atoms with E-state index in [4.69, 9.17) is 16.3 Å². The van der Waals surface area contributed by atoms with Crippen molar-refractivity contribution >= 4 is 28.2 Å². The van der Waals surface area contributed by atoms with Crippen LogP contribution in [-0.4, -0.2) is 18.6 Å². The number of anilines is 1. The smallest absolute Gasteiger partial charge is 0.145 e. The number of ether oxygens (including phenoxy) is 1. The summed E-state index contributed by atoms with van der Waals surface area (Å²) in [4.78, 5) is 4.63. The van der Waals surface area contributed by atoms with E-state index in [0.29, 0.717) is 5.02 Å². The summed E-state index contributed by atoms with van der Waals surface area (Å²) in [6.07, 6.45) is 1.06. The van der Waals surface area contributed by atoms with Gasteiger partial charge in [-0.1, -0.05) is 18.5 Å². The number of nitrogens with zero attached hydrogens (tertiary/aromatic N) is 1. The van der Waals surface area contributed by atoms with E-state index in [9.17, 15) is 0 Å². The Morgan fingerprint density at radius 1 is 1.32 bits per heavy atom. The van der Waals surface area contributed by atoms with E-state index in [0.717, 1.165) is 46.6 Å². The van der Waals surface area contributed by atoms with Crippen molar-refractivity contribution in [3.8, 4) is 5.75 Å². The van der Waals surface area contributed by atoms with E-state index in [1.165, 1.54) is 0 Å². The van der Waals surface area contributed by atoms with Crippen LogP contribution in [0.4, 0.5) is 5.69 Å². The molecule has 1 N–H and O–H groups in total. The van der Waals surface area contributed by atoms with Gasteiger partial charge in [-0.25, -0.2) is 4.98 Å². The van der Waals surface area contributed by atoms with Crippen LogP contribution in [0.5, 0.6) is 5.75 Å². The van der Waals surface area contributed by atoms with Gasteiger partial charge in [0.1, 0.15) is 11.3 Å². The van der Waals surface area contributed by atoms with Crippen LogP contribution in [0.15, 0.2) is 12.1 Å². The number of aryl methyl sites for hydroxylation is 1. The number of halogens is 1. The summed E-state index contributed by atoms with van der Waals surface area (Å²) < 4.78 is 5.39. The summed E-state index contributed by atoms with van der Waals surface area (Å²) in [6, 6.07) is 3.71. The molecule has 0 saturated carbocycles. The molecule has 19 heavy (non-hydrogen) atoms. The topological polar surface area (TPSA) is 34.2 Å². The van der Waals surface area contributed by atoms with Crippen molar-refractivity contribution in [3.63, 3.8) is 0 Å². The lowest BCUT2D eigenvalue weighted by atomic mass is 10.1. The summed E-state index contributed by atoms with van der Waals surface area (Å²) >= 11 is 6.36. The maximum atomic E-state index is 6.36. The molecule has 2 aromatic rings. The van der Waals surface area contributed by atoms with Gasteiger partial charge in [0, 0.05) is 23.3 Å². The molecule has 0 aliphatic carbocycles. The number of rotatable bonds is 4. The molecule has 0 aliphatic rings. The van der Waals surface area contributed by atoms with Gasteiger partial charge in [0.15, 0.2) is 0 Å². The van der Waals surface area contributed by atoms with Crippen LogP contribution in [0.25, 0.3) is 10.9 Å². The number of hydrogen-bond acceptors (Lipinski definition) is 3. The quantitative estimate of drug-likeness (QED) is 0.903. The van der Waals surface area contributed by atoms with Crippen molar-refractivity contribution in [2.45, 2.75) is 27.2 Å². The number of aromatic nitrogens is 1. The van der Waals surface area contributed by atoms with Crippen molar-refractivity contribution in [3.05, 3.63) is 28.4 Å². The second-order valence-electron chi connectivity index (χ2n) is 4.60. The molecule has 0 unspecified atom stereocenters. The fourth-order valence-electron chi connectivity index (χ4n) is 2.15. The van der Waals surface area contributed by atoms with Crippen LogP contribution >= 0.6 is 11.6 Å². The predicted molar refractivity (Wildman–Crippen MR) is 81.6 cm³/mol. The number of methoxy groups -OCH3 is 1. The molecule has 0 fully saturated rings. The Kier molecular flexibility index (Phi) is 4.15. The van der Waals surface area contributed by atoms with Crippen LogP contribution in [0, 0.1) is 13.8 Å². The molecular weight excluding hydrogens is 260 g/mol. The number of pyridine rings is 1. The Morgan fingerprint density at radius 2 is 2.05 bits per heavy atom. The molecule has 4 heteroatoms. The fraction of sp³-hybridized carbons (Fsp3) is 0.400. The third-order valence-corrected chi connectivity index (χ3v) is 3.62. The summed E-state index contributed by atoms with van der Waals surface area (Å²) in [5, 5.41) is 5.10. The van der Waals surface area contributed by atoms with Crippen LogP contribution in [-0.2, 0) is 0 Å². The minimum atomic E-state index is 0.699. The molecule has 0 aliphatic heterocycles. The Morgan fingerprint density at radius 3 is 2.68 bits per heavy atom. The second-order valence-corrected chi connectivity index (χ2v) is 5.00. The highest BCUT2D eigenvalue weighted by Gasteiger charge is 2.15. The van der Waals surface area contributed by atoms with Crippen LogP contribution in [0.3, 0.4) is 0 Å². The minimum Gasteiger partial charge on any atom is -0.494 e. The third-order valence-electron chi connectivity index (χ3n) is 3.31. The number of fused-ring (bicyclic) bond motifs is 1. The maximum Gasteiger partial charge on any atom is 0.145 e. The van der Waals surface area contributed by atoms with Gasteiger partial charge in [-0.3, -0.25) is 0 Å². The van der Waals surface area contributed by atoms with Gasteiger partial charge in [-0.05, 0) is 38.0 Å². The Bertz CT molecular complexity index is 611.